The molecule has 92 valence electrons. The maximum atomic E-state index is 4.21. The lowest BCUT2D eigenvalue weighted by molar-refractivity contribution is 0.427. The first-order valence-corrected chi connectivity index (χ1v) is 6.49. The van der Waals surface area contributed by atoms with Crippen molar-refractivity contribution in [1.29, 1.82) is 0 Å². The summed E-state index contributed by atoms with van der Waals surface area (Å²) >= 11 is 3.46. The van der Waals surface area contributed by atoms with E-state index in [-0.39, 0.29) is 5.54 Å². The summed E-state index contributed by atoms with van der Waals surface area (Å²) in [5.74, 6) is 0.984. The van der Waals surface area contributed by atoms with Crippen molar-refractivity contribution in [1.82, 2.24) is 19.9 Å². The van der Waals surface area contributed by atoms with Gasteiger partial charge in [-0.1, -0.05) is 0 Å². The van der Waals surface area contributed by atoms with Gasteiger partial charge in [0, 0.05) is 29.2 Å². The molecule has 1 N–H and O–H groups in total. The zero-order chi connectivity index (χ0) is 12.5. The Hall–Kier alpha value is -0.940. The second-order valence-corrected chi connectivity index (χ2v) is 6.03. The predicted octanol–water partition coefficient (Wildman–Crippen LogP) is 2.42. The predicted molar refractivity (Wildman–Crippen MR) is 72.1 cm³/mol. The molecule has 0 aliphatic heterocycles. The van der Waals surface area contributed by atoms with Crippen molar-refractivity contribution >= 4 is 21.6 Å². The van der Waals surface area contributed by atoms with E-state index in [4.69, 9.17) is 0 Å². The van der Waals surface area contributed by atoms with Gasteiger partial charge in [0.1, 0.15) is 5.82 Å². The molecule has 0 spiro atoms. The minimum absolute atomic E-state index is 0.140. The molecule has 0 bridgehead atoms. The maximum Gasteiger partial charge on any atom is 0.160 e. The van der Waals surface area contributed by atoms with Crippen molar-refractivity contribution in [3.63, 3.8) is 0 Å². The fourth-order valence-corrected chi connectivity index (χ4v) is 1.97. The molecule has 0 aliphatic carbocycles. The number of hydrogen-bond donors (Lipinski definition) is 1. The molecule has 0 radical (unpaired) electrons. The molecule has 0 amide bonds. The van der Waals surface area contributed by atoms with E-state index < -0.39 is 0 Å². The summed E-state index contributed by atoms with van der Waals surface area (Å²) in [4.78, 5) is 0. The van der Waals surface area contributed by atoms with Crippen LogP contribution < -0.4 is 5.32 Å². The monoisotopic (exact) mass is 296 g/mol. The van der Waals surface area contributed by atoms with E-state index in [9.17, 15) is 0 Å². The summed E-state index contributed by atoms with van der Waals surface area (Å²) in [6.07, 6.45) is 2.87. The van der Waals surface area contributed by atoms with Crippen LogP contribution in [0.4, 0.5) is 0 Å². The molecule has 2 aromatic rings. The molecule has 0 saturated carbocycles. The lowest BCUT2D eigenvalue weighted by Gasteiger charge is -2.19. The molecule has 0 fully saturated rings. The van der Waals surface area contributed by atoms with E-state index in [0.29, 0.717) is 0 Å². The summed E-state index contributed by atoms with van der Waals surface area (Å²) < 4.78 is 3.06. The normalized spacial score (nSPS) is 12.2. The van der Waals surface area contributed by atoms with Gasteiger partial charge in [-0.15, -0.1) is 10.2 Å². The molecule has 5 heteroatoms. The molecular weight excluding hydrogens is 280 g/mol. The van der Waals surface area contributed by atoms with Crippen LogP contribution in [0.1, 0.15) is 26.6 Å². The number of aromatic nitrogens is 3. The van der Waals surface area contributed by atoms with Gasteiger partial charge in [-0.05, 0) is 48.8 Å². The highest BCUT2D eigenvalue weighted by atomic mass is 79.9. The van der Waals surface area contributed by atoms with Crippen molar-refractivity contribution in [3.8, 4) is 0 Å². The Bertz CT molecular complexity index is 513. The third-order valence-electron chi connectivity index (χ3n) is 2.44. The number of halogens is 1. The van der Waals surface area contributed by atoms with Gasteiger partial charge in [0.25, 0.3) is 0 Å². The van der Waals surface area contributed by atoms with E-state index in [2.05, 4.69) is 52.2 Å². The SMILES string of the molecule is CC(C)(C)NCCc1nnc2ccc(Br)cn12. The van der Waals surface area contributed by atoms with Crippen LogP contribution in [0.2, 0.25) is 0 Å². The van der Waals surface area contributed by atoms with Crippen molar-refractivity contribution in [2.24, 2.45) is 0 Å². The second kappa shape index (κ2) is 4.74. The van der Waals surface area contributed by atoms with Gasteiger partial charge < -0.3 is 5.32 Å². The third-order valence-corrected chi connectivity index (χ3v) is 2.91. The van der Waals surface area contributed by atoms with E-state index in [1.807, 2.05) is 22.7 Å². The second-order valence-electron chi connectivity index (χ2n) is 5.12. The minimum Gasteiger partial charge on any atom is -0.312 e. The molecular formula is C12H17BrN4. The first-order valence-electron chi connectivity index (χ1n) is 5.70. The Morgan fingerprint density at radius 3 is 2.76 bits per heavy atom. The molecule has 0 aliphatic rings. The standard InChI is InChI=1S/C12H17BrN4/c1-12(2,3)14-7-6-11-16-15-10-5-4-9(13)8-17(10)11/h4-5,8,14H,6-7H2,1-3H3. The summed E-state index contributed by atoms with van der Waals surface area (Å²) in [7, 11) is 0. The molecule has 2 rings (SSSR count). The van der Waals surface area contributed by atoms with Crippen LogP contribution in [0, 0.1) is 0 Å². The summed E-state index contributed by atoms with van der Waals surface area (Å²) in [5, 5.41) is 11.8. The van der Waals surface area contributed by atoms with Crippen LogP contribution in [0.3, 0.4) is 0 Å². The molecule has 17 heavy (non-hydrogen) atoms. The van der Waals surface area contributed by atoms with Crippen molar-refractivity contribution in [2.75, 3.05) is 6.54 Å². The van der Waals surface area contributed by atoms with Gasteiger partial charge in [-0.2, -0.15) is 0 Å². The topological polar surface area (TPSA) is 42.2 Å². The van der Waals surface area contributed by atoms with Gasteiger partial charge in [0.05, 0.1) is 0 Å². The molecule has 0 saturated heterocycles. The first-order chi connectivity index (χ1) is 7.96. The Morgan fingerprint density at radius 2 is 2.06 bits per heavy atom. The fraction of sp³-hybridized carbons (Fsp3) is 0.500. The summed E-state index contributed by atoms with van der Waals surface area (Å²) in [6.45, 7) is 7.37. The zero-order valence-corrected chi connectivity index (χ0v) is 12.0. The molecule has 0 atom stereocenters. The van der Waals surface area contributed by atoms with E-state index in [1.54, 1.807) is 0 Å². The highest BCUT2D eigenvalue weighted by Crippen LogP contribution is 2.12. The van der Waals surface area contributed by atoms with Crippen molar-refractivity contribution in [2.45, 2.75) is 32.7 Å². The van der Waals surface area contributed by atoms with Crippen LogP contribution >= 0.6 is 15.9 Å². The number of rotatable bonds is 3. The van der Waals surface area contributed by atoms with Crippen LogP contribution in [0.15, 0.2) is 22.8 Å². The number of fused-ring (bicyclic) bond motifs is 1. The quantitative estimate of drug-likeness (QED) is 0.946. The highest BCUT2D eigenvalue weighted by Gasteiger charge is 2.10. The summed E-state index contributed by atoms with van der Waals surface area (Å²) in [5.41, 5.74) is 1.03. The largest absolute Gasteiger partial charge is 0.312 e. The van der Waals surface area contributed by atoms with E-state index in [0.717, 1.165) is 28.9 Å². The maximum absolute atomic E-state index is 4.21. The average Bonchev–Trinajstić information content (AvgIpc) is 2.59. The number of nitrogens with zero attached hydrogens (tertiary/aromatic N) is 3. The lowest BCUT2D eigenvalue weighted by atomic mass is 10.1. The van der Waals surface area contributed by atoms with Crippen LogP contribution in [0.5, 0.6) is 0 Å². The Balaban J connectivity index is 2.11. The van der Waals surface area contributed by atoms with Crippen LogP contribution in [-0.4, -0.2) is 26.7 Å². The lowest BCUT2D eigenvalue weighted by Crippen LogP contribution is -2.37. The van der Waals surface area contributed by atoms with Gasteiger partial charge in [-0.3, -0.25) is 4.40 Å². The van der Waals surface area contributed by atoms with E-state index >= 15 is 0 Å². The van der Waals surface area contributed by atoms with Crippen LogP contribution in [-0.2, 0) is 6.42 Å². The van der Waals surface area contributed by atoms with Gasteiger partial charge in [0.2, 0.25) is 0 Å². The number of pyridine rings is 1. The Kier molecular flexibility index (Phi) is 3.49. The van der Waals surface area contributed by atoms with Crippen LogP contribution in [0.25, 0.3) is 5.65 Å². The molecule has 0 unspecified atom stereocenters. The fourth-order valence-electron chi connectivity index (χ4n) is 1.63. The van der Waals surface area contributed by atoms with Gasteiger partial charge in [-0.25, -0.2) is 0 Å². The number of nitrogens with one attached hydrogen (secondary N) is 1. The third kappa shape index (κ3) is 3.26. The number of hydrogen-bond acceptors (Lipinski definition) is 3. The average molecular weight is 297 g/mol. The highest BCUT2D eigenvalue weighted by molar-refractivity contribution is 9.10. The first kappa shape index (κ1) is 12.5. The molecule has 4 nitrogen and oxygen atoms in total. The Morgan fingerprint density at radius 1 is 1.29 bits per heavy atom. The molecule has 2 aromatic heterocycles. The zero-order valence-electron chi connectivity index (χ0n) is 10.4. The smallest absolute Gasteiger partial charge is 0.160 e. The van der Waals surface area contributed by atoms with Crippen molar-refractivity contribution in [3.05, 3.63) is 28.6 Å². The summed E-state index contributed by atoms with van der Waals surface area (Å²) in [6, 6.07) is 3.93. The Labute approximate surface area is 110 Å². The molecule has 2 heterocycles. The molecule has 0 aromatic carbocycles. The van der Waals surface area contributed by atoms with Gasteiger partial charge in [0.15, 0.2) is 5.65 Å². The minimum atomic E-state index is 0.140. The van der Waals surface area contributed by atoms with Crippen molar-refractivity contribution < 1.29 is 0 Å². The van der Waals surface area contributed by atoms with E-state index in [1.165, 1.54) is 0 Å². The van der Waals surface area contributed by atoms with Gasteiger partial charge >= 0.3 is 0 Å².